The summed E-state index contributed by atoms with van der Waals surface area (Å²) in [6.45, 7) is 0.668. The van der Waals surface area contributed by atoms with Gasteiger partial charge in [0.25, 0.3) is 0 Å². The van der Waals surface area contributed by atoms with Crippen molar-refractivity contribution in [2.24, 2.45) is 0 Å². The molecule has 0 aromatic heterocycles. The molecule has 1 aromatic carbocycles. The van der Waals surface area contributed by atoms with Crippen LogP contribution in [0.2, 0.25) is 0 Å². The fourth-order valence-corrected chi connectivity index (χ4v) is 4.08. The molecule has 0 aliphatic carbocycles. The number of ether oxygens (including phenoxy) is 1. The number of hydrogen-bond donors (Lipinski definition) is 1. The minimum Gasteiger partial charge on any atom is -0.384 e. The minimum absolute atomic E-state index is 0.0300. The van der Waals surface area contributed by atoms with E-state index in [9.17, 15) is 8.42 Å². The van der Waals surface area contributed by atoms with Crippen molar-refractivity contribution in [2.45, 2.75) is 25.3 Å². The first-order valence-electron chi connectivity index (χ1n) is 6.64. The Balaban J connectivity index is 2.06. The average molecular weight is 283 g/mol. The molecular formula is C14H21NO3S. The fourth-order valence-electron chi connectivity index (χ4n) is 2.45. The van der Waals surface area contributed by atoms with E-state index in [1.54, 1.807) is 7.11 Å². The Labute approximate surface area is 115 Å². The molecule has 1 aliphatic heterocycles. The molecule has 1 saturated heterocycles. The first-order chi connectivity index (χ1) is 9.11. The molecule has 5 heteroatoms. The first kappa shape index (κ1) is 14.3. The maximum Gasteiger partial charge on any atom is 0.152 e. The van der Waals surface area contributed by atoms with Gasteiger partial charge in [0.1, 0.15) is 0 Å². The fraction of sp³-hybridized carbons (Fsp3) is 0.571. The maximum absolute atomic E-state index is 11.6. The van der Waals surface area contributed by atoms with Crippen molar-refractivity contribution in [3.63, 3.8) is 0 Å². The topological polar surface area (TPSA) is 55.4 Å². The number of rotatable bonds is 5. The quantitative estimate of drug-likeness (QED) is 0.896. The highest BCUT2D eigenvalue weighted by molar-refractivity contribution is 7.91. The standard InChI is InChI=1S/C14H21NO3S/c1-18-9-8-12-5-2-3-7-14(12)15-13-6-4-10-19(16,17)11-13/h2-3,5,7,13,15H,4,6,8-11H2,1H3. The van der Waals surface area contributed by atoms with Gasteiger partial charge in [-0.1, -0.05) is 18.2 Å². The zero-order chi connectivity index (χ0) is 13.7. The minimum atomic E-state index is -2.87. The summed E-state index contributed by atoms with van der Waals surface area (Å²) in [4.78, 5) is 0. The maximum atomic E-state index is 11.6. The predicted molar refractivity (Wildman–Crippen MR) is 77.3 cm³/mol. The monoisotopic (exact) mass is 283 g/mol. The van der Waals surface area contributed by atoms with Crippen LogP contribution in [-0.2, 0) is 21.0 Å². The summed E-state index contributed by atoms with van der Waals surface area (Å²) < 4.78 is 28.4. The largest absolute Gasteiger partial charge is 0.384 e. The summed E-state index contributed by atoms with van der Waals surface area (Å²) in [6, 6.07) is 8.05. The Bertz CT molecular complexity index is 513. The van der Waals surface area contributed by atoms with Crippen LogP contribution in [0.4, 0.5) is 5.69 Å². The summed E-state index contributed by atoms with van der Waals surface area (Å²) >= 11 is 0. The molecule has 1 unspecified atom stereocenters. The van der Waals surface area contributed by atoms with Crippen molar-refractivity contribution in [3.8, 4) is 0 Å². The highest BCUT2D eigenvalue weighted by atomic mass is 32.2. The predicted octanol–water partition coefficient (Wildman–Crippen LogP) is 1.86. The third kappa shape index (κ3) is 4.21. The molecule has 0 saturated carbocycles. The van der Waals surface area contributed by atoms with Crippen LogP contribution in [-0.4, -0.2) is 39.7 Å². The molecule has 1 atom stereocenters. The Morgan fingerprint density at radius 2 is 2.16 bits per heavy atom. The number of methoxy groups -OCH3 is 1. The lowest BCUT2D eigenvalue weighted by Crippen LogP contribution is -2.35. The molecule has 0 spiro atoms. The molecule has 1 N–H and O–H groups in total. The number of anilines is 1. The molecule has 1 aliphatic rings. The number of para-hydroxylation sites is 1. The Morgan fingerprint density at radius 3 is 2.89 bits per heavy atom. The third-order valence-electron chi connectivity index (χ3n) is 3.42. The number of sulfone groups is 1. The van der Waals surface area contributed by atoms with Crippen molar-refractivity contribution in [1.82, 2.24) is 0 Å². The van der Waals surface area contributed by atoms with Gasteiger partial charge in [0, 0.05) is 18.8 Å². The molecule has 4 nitrogen and oxygen atoms in total. The zero-order valence-electron chi connectivity index (χ0n) is 11.3. The van der Waals surface area contributed by atoms with Crippen LogP contribution < -0.4 is 5.32 Å². The molecule has 1 fully saturated rings. The van der Waals surface area contributed by atoms with Gasteiger partial charge in [0.15, 0.2) is 9.84 Å². The molecule has 1 aromatic rings. The highest BCUT2D eigenvalue weighted by Gasteiger charge is 2.24. The molecule has 106 valence electrons. The lowest BCUT2D eigenvalue weighted by molar-refractivity contribution is 0.202. The van der Waals surface area contributed by atoms with Gasteiger partial charge in [-0.05, 0) is 30.9 Å². The van der Waals surface area contributed by atoms with Gasteiger partial charge in [-0.3, -0.25) is 0 Å². The van der Waals surface area contributed by atoms with E-state index in [0.29, 0.717) is 12.4 Å². The Morgan fingerprint density at radius 1 is 1.37 bits per heavy atom. The molecule has 0 radical (unpaired) electrons. The second-order valence-corrected chi connectivity index (χ2v) is 7.23. The summed E-state index contributed by atoms with van der Waals surface area (Å²) in [5.41, 5.74) is 2.20. The molecule has 2 rings (SSSR count). The van der Waals surface area contributed by atoms with Gasteiger partial charge >= 0.3 is 0 Å². The lowest BCUT2D eigenvalue weighted by atomic mass is 10.1. The summed E-state index contributed by atoms with van der Waals surface area (Å²) in [5.74, 6) is 0.572. The van der Waals surface area contributed by atoms with Gasteiger partial charge < -0.3 is 10.1 Å². The molecule has 19 heavy (non-hydrogen) atoms. The first-order valence-corrected chi connectivity index (χ1v) is 8.47. The summed E-state index contributed by atoms with van der Waals surface area (Å²) in [7, 11) is -1.18. The van der Waals surface area contributed by atoms with Gasteiger partial charge in [0.2, 0.25) is 0 Å². The SMILES string of the molecule is COCCc1ccccc1NC1CCCS(=O)(=O)C1. The highest BCUT2D eigenvalue weighted by Crippen LogP contribution is 2.21. The van der Waals surface area contributed by atoms with Crippen molar-refractivity contribution >= 4 is 15.5 Å². The zero-order valence-corrected chi connectivity index (χ0v) is 12.1. The van der Waals surface area contributed by atoms with Gasteiger partial charge in [-0.25, -0.2) is 8.42 Å². The van der Waals surface area contributed by atoms with Crippen LogP contribution in [0, 0.1) is 0 Å². The molecule has 0 amide bonds. The van der Waals surface area contributed by atoms with Crippen molar-refractivity contribution in [1.29, 1.82) is 0 Å². The molecule has 0 bridgehead atoms. The van der Waals surface area contributed by atoms with Crippen LogP contribution in [0.25, 0.3) is 0 Å². The number of hydrogen-bond acceptors (Lipinski definition) is 4. The smallest absolute Gasteiger partial charge is 0.152 e. The van der Waals surface area contributed by atoms with E-state index < -0.39 is 9.84 Å². The van der Waals surface area contributed by atoms with Crippen LogP contribution in [0.1, 0.15) is 18.4 Å². The second kappa shape index (κ2) is 6.39. The summed E-state index contributed by atoms with van der Waals surface area (Å²) in [6.07, 6.45) is 2.50. The van der Waals surface area contributed by atoms with Crippen molar-refractivity contribution in [2.75, 3.05) is 30.5 Å². The number of benzene rings is 1. The van der Waals surface area contributed by atoms with E-state index in [1.807, 2.05) is 18.2 Å². The Kier molecular flexibility index (Phi) is 4.82. The van der Waals surface area contributed by atoms with E-state index in [2.05, 4.69) is 11.4 Å². The van der Waals surface area contributed by atoms with Crippen molar-refractivity contribution in [3.05, 3.63) is 29.8 Å². The van der Waals surface area contributed by atoms with E-state index in [1.165, 1.54) is 5.56 Å². The van der Waals surface area contributed by atoms with Gasteiger partial charge in [-0.2, -0.15) is 0 Å². The van der Waals surface area contributed by atoms with E-state index in [0.717, 1.165) is 24.9 Å². The van der Waals surface area contributed by atoms with Crippen LogP contribution in [0.15, 0.2) is 24.3 Å². The Hall–Kier alpha value is -1.07. The molecule has 1 heterocycles. The normalized spacial score (nSPS) is 22.1. The van der Waals surface area contributed by atoms with E-state index >= 15 is 0 Å². The van der Waals surface area contributed by atoms with Gasteiger partial charge in [-0.15, -0.1) is 0 Å². The summed E-state index contributed by atoms with van der Waals surface area (Å²) in [5, 5.41) is 3.38. The second-order valence-electron chi connectivity index (χ2n) is 5.00. The number of nitrogens with one attached hydrogen (secondary N) is 1. The van der Waals surface area contributed by atoms with Crippen LogP contribution in [0.3, 0.4) is 0 Å². The van der Waals surface area contributed by atoms with Crippen LogP contribution >= 0.6 is 0 Å². The average Bonchev–Trinajstić information content (AvgIpc) is 2.36. The van der Waals surface area contributed by atoms with Gasteiger partial charge in [0.05, 0.1) is 18.1 Å². The van der Waals surface area contributed by atoms with E-state index in [-0.39, 0.29) is 11.8 Å². The third-order valence-corrected chi connectivity index (χ3v) is 5.24. The van der Waals surface area contributed by atoms with Crippen LogP contribution in [0.5, 0.6) is 0 Å². The lowest BCUT2D eigenvalue weighted by Gasteiger charge is -2.25. The van der Waals surface area contributed by atoms with Crippen molar-refractivity contribution < 1.29 is 13.2 Å². The molecular weight excluding hydrogens is 262 g/mol. The van der Waals surface area contributed by atoms with E-state index in [4.69, 9.17) is 4.74 Å².